The van der Waals surface area contributed by atoms with Crippen molar-refractivity contribution >= 4 is 17.6 Å². The Morgan fingerprint density at radius 1 is 1.15 bits per heavy atom. The summed E-state index contributed by atoms with van der Waals surface area (Å²) < 4.78 is 23.8. The van der Waals surface area contributed by atoms with Crippen LogP contribution in [0, 0.1) is 5.82 Å². The topological polar surface area (TPSA) is 84.9 Å². The number of carbonyl (C=O) groups excluding carboxylic acids is 1. The van der Waals surface area contributed by atoms with Gasteiger partial charge < -0.3 is 19.9 Å². The number of nitrogens with one attached hydrogen (secondary N) is 1. The molecule has 1 fully saturated rings. The molecule has 2 aromatic rings. The highest BCUT2D eigenvalue weighted by Crippen LogP contribution is 2.36. The lowest BCUT2D eigenvalue weighted by Crippen LogP contribution is -2.44. The number of aromatic carboxylic acids is 1. The summed E-state index contributed by atoms with van der Waals surface area (Å²) >= 11 is 0. The SMILES string of the molecule is COc1cc(NC(=O)C2(c3ccc(F)cc3)CCOCC2)ccc1C(=O)O. The summed E-state index contributed by atoms with van der Waals surface area (Å²) in [6, 6.07) is 10.3. The maximum Gasteiger partial charge on any atom is 0.339 e. The van der Waals surface area contributed by atoms with Gasteiger partial charge in [-0.05, 0) is 42.7 Å². The second-order valence-corrected chi connectivity index (χ2v) is 6.38. The molecule has 0 saturated carbocycles. The molecule has 2 aromatic carbocycles. The summed E-state index contributed by atoms with van der Waals surface area (Å²) in [5.41, 5.74) is 0.313. The molecule has 27 heavy (non-hydrogen) atoms. The minimum atomic E-state index is -1.11. The van der Waals surface area contributed by atoms with Crippen molar-refractivity contribution < 1.29 is 28.6 Å². The Morgan fingerprint density at radius 2 is 1.81 bits per heavy atom. The van der Waals surface area contributed by atoms with Crippen LogP contribution in [0.4, 0.5) is 10.1 Å². The molecule has 0 spiro atoms. The fourth-order valence-corrected chi connectivity index (χ4v) is 3.33. The van der Waals surface area contributed by atoms with Gasteiger partial charge in [0.05, 0.1) is 12.5 Å². The monoisotopic (exact) mass is 373 g/mol. The molecule has 1 saturated heterocycles. The summed E-state index contributed by atoms with van der Waals surface area (Å²) in [4.78, 5) is 24.4. The summed E-state index contributed by atoms with van der Waals surface area (Å²) in [5.74, 6) is -1.57. The molecule has 0 atom stereocenters. The zero-order valence-corrected chi connectivity index (χ0v) is 14.8. The Hall–Kier alpha value is -2.93. The van der Waals surface area contributed by atoms with E-state index in [9.17, 15) is 19.1 Å². The lowest BCUT2D eigenvalue weighted by Gasteiger charge is -2.36. The third kappa shape index (κ3) is 3.78. The summed E-state index contributed by atoms with van der Waals surface area (Å²) in [6.45, 7) is 0.845. The molecule has 3 rings (SSSR count). The predicted molar refractivity (Wildman–Crippen MR) is 96.7 cm³/mol. The van der Waals surface area contributed by atoms with Crippen LogP contribution in [-0.4, -0.2) is 37.3 Å². The number of anilines is 1. The maximum atomic E-state index is 13.3. The van der Waals surface area contributed by atoms with E-state index in [-0.39, 0.29) is 23.0 Å². The smallest absolute Gasteiger partial charge is 0.339 e. The third-order valence-electron chi connectivity index (χ3n) is 4.87. The first-order valence-corrected chi connectivity index (χ1v) is 8.53. The van der Waals surface area contributed by atoms with Crippen LogP contribution in [0.1, 0.15) is 28.8 Å². The van der Waals surface area contributed by atoms with Crippen molar-refractivity contribution in [2.75, 3.05) is 25.6 Å². The van der Waals surface area contributed by atoms with Crippen LogP contribution >= 0.6 is 0 Å². The largest absolute Gasteiger partial charge is 0.496 e. The Morgan fingerprint density at radius 3 is 2.41 bits per heavy atom. The molecule has 1 amide bonds. The van der Waals surface area contributed by atoms with Crippen molar-refractivity contribution in [3.8, 4) is 5.75 Å². The molecule has 2 N–H and O–H groups in total. The normalized spacial score (nSPS) is 15.8. The average molecular weight is 373 g/mol. The van der Waals surface area contributed by atoms with Gasteiger partial charge in [0.1, 0.15) is 17.1 Å². The summed E-state index contributed by atoms with van der Waals surface area (Å²) in [5, 5.41) is 12.0. The number of benzene rings is 2. The number of rotatable bonds is 5. The first kappa shape index (κ1) is 18.8. The van der Waals surface area contributed by atoms with Gasteiger partial charge in [0.2, 0.25) is 5.91 Å². The minimum absolute atomic E-state index is 0.00909. The molecule has 142 valence electrons. The summed E-state index contributed by atoms with van der Waals surface area (Å²) in [6.07, 6.45) is 0.934. The molecule has 0 unspecified atom stereocenters. The molecule has 0 aromatic heterocycles. The van der Waals surface area contributed by atoms with Gasteiger partial charge >= 0.3 is 5.97 Å². The van der Waals surface area contributed by atoms with Gasteiger partial charge in [0.25, 0.3) is 0 Å². The van der Waals surface area contributed by atoms with Crippen LogP contribution in [0.5, 0.6) is 5.75 Å². The Labute approximate surface area is 155 Å². The molecule has 1 aliphatic rings. The van der Waals surface area contributed by atoms with Crippen LogP contribution in [-0.2, 0) is 14.9 Å². The molecule has 0 aliphatic carbocycles. The van der Waals surface area contributed by atoms with E-state index in [1.54, 1.807) is 12.1 Å². The van der Waals surface area contributed by atoms with Crippen molar-refractivity contribution in [3.63, 3.8) is 0 Å². The number of carboxylic acids is 1. The van der Waals surface area contributed by atoms with Gasteiger partial charge in [-0.3, -0.25) is 4.79 Å². The van der Waals surface area contributed by atoms with E-state index in [0.717, 1.165) is 5.56 Å². The molecular formula is C20H20FNO5. The average Bonchev–Trinajstić information content (AvgIpc) is 2.68. The standard InChI is InChI=1S/C20H20FNO5/c1-26-17-12-15(6-7-16(17)18(23)24)22-19(25)20(8-10-27-11-9-20)13-2-4-14(21)5-3-13/h2-7,12H,8-11H2,1H3,(H,22,25)(H,23,24). The molecule has 6 nitrogen and oxygen atoms in total. The number of methoxy groups -OCH3 is 1. The number of halogens is 1. The molecule has 1 aliphatic heterocycles. The van der Waals surface area contributed by atoms with E-state index in [0.29, 0.717) is 31.7 Å². The Balaban J connectivity index is 1.91. The number of hydrogen-bond donors (Lipinski definition) is 2. The van der Waals surface area contributed by atoms with Gasteiger partial charge in [-0.25, -0.2) is 9.18 Å². The van der Waals surface area contributed by atoms with Gasteiger partial charge in [0.15, 0.2) is 0 Å². The highest BCUT2D eigenvalue weighted by Gasteiger charge is 2.41. The van der Waals surface area contributed by atoms with E-state index in [1.165, 1.54) is 37.4 Å². The lowest BCUT2D eigenvalue weighted by molar-refractivity contribution is -0.125. The van der Waals surface area contributed by atoms with Crippen LogP contribution in [0.3, 0.4) is 0 Å². The predicted octanol–water partition coefficient (Wildman–Crippen LogP) is 3.22. The van der Waals surface area contributed by atoms with E-state index < -0.39 is 11.4 Å². The van der Waals surface area contributed by atoms with Gasteiger partial charge in [-0.15, -0.1) is 0 Å². The number of amides is 1. The van der Waals surface area contributed by atoms with Gasteiger partial charge in [-0.2, -0.15) is 0 Å². The maximum absolute atomic E-state index is 13.3. The fourth-order valence-electron chi connectivity index (χ4n) is 3.33. The van der Waals surface area contributed by atoms with Crippen molar-refractivity contribution in [3.05, 3.63) is 59.4 Å². The molecule has 0 bridgehead atoms. The number of hydrogen-bond acceptors (Lipinski definition) is 4. The molecular weight excluding hydrogens is 353 g/mol. The van der Waals surface area contributed by atoms with Crippen LogP contribution in [0.15, 0.2) is 42.5 Å². The van der Waals surface area contributed by atoms with Crippen LogP contribution < -0.4 is 10.1 Å². The number of carboxylic acid groups (broad SMARTS) is 1. The Kier molecular flexibility index (Phi) is 5.41. The Bertz CT molecular complexity index is 844. The van der Waals surface area contributed by atoms with Crippen LogP contribution in [0.25, 0.3) is 0 Å². The highest BCUT2D eigenvalue weighted by atomic mass is 19.1. The quantitative estimate of drug-likeness (QED) is 0.841. The second-order valence-electron chi connectivity index (χ2n) is 6.38. The van der Waals surface area contributed by atoms with E-state index in [4.69, 9.17) is 9.47 Å². The van der Waals surface area contributed by atoms with Crippen molar-refractivity contribution in [2.24, 2.45) is 0 Å². The number of ether oxygens (including phenoxy) is 2. The van der Waals surface area contributed by atoms with Crippen molar-refractivity contribution in [2.45, 2.75) is 18.3 Å². The molecule has 1 heterocycles. The summed E-state index contributed by atoms with van der Waals surface area (Å²) in [7, 11) is 1.37. The third-order valence-corrected chi connectivity index (χ3v) is 4.87. The highest BCUT2D eigenvalue weighted by molar-refractivity contribution is 6.00. The second kappa shape index (κ2) is 7.75. The van der Waals surface area contributed by atoms with E-state index >= 15 is 0 Å². The van der Waals surface area contributed by atoms with Gasteiger partial charge in [0, 0.05) is 25.0 Å². The van der Waals surface area contributed by atoms with Crippen molar-refractivity contribution in [1.29, 1.82) is 0 Å². The van der Waals surface area contributed by atoms with Crippen molar-refractivity contribution in [1.82, 2.24) is 0 Å². The first-order chi connectivity index (χ1) is 13.0. The fraction of sp³-hybridized carbons (Fsp3) is 0.300. The van der Waals surface area contributed by atoms with E-state index in [1.807, 2.05) is 0 Å². The molecule has 0 radical (unpaired) electrons. The lowest BCUT2D eigenvalue weighted by atomic mass is 9.73. The zero-order valence-electron chi connectivity index (χ0n) is 14.8. The molecule has 7 heteroatoms. The van der Waals surface area contributed by atoms with Gasteiger partial charge in [-0.1, -0.05) is 12.1 Å². The van der Waals surface area contributed by atoms with Crippen LogP contribution in [0.2, 0.25) is 0 Å². The van der Waals surface area contributed by atoms with E-state index in [2.05, 4.69) is 5.32 Å². The minimum Gasteiger partial charge on any atom is -0.496 e. The first-order valence-electron chi connectivity index (χ1n) is 8.53. The number of carbonyl (C=O) groups is 2. The zero-order chi connectivity index (χ0) is 19.4.